The molecular formula is C14H19NO2. The fourth-order valence-corrected chi connectivity index (χ4v) is 2.15. The first-order valence-electron chi connectivity index (χ1n) is 5.98. The van der Waals surface area contributed by atoms with E-state index >= 15 is 0 Å². The van der Waals surface area contributed by atoms with Crippen molar-refractivity contribution in [3.05, 3.63) is 29.8 Å². The van der Waals surface area contributed by atoms with Gasteiger partial charge in [0.05, 0.1) is 5.69 Å². The monoisotopic (exact) mass is 233 g/mol. The number of carbonyl (C=O) groups excluding carboxylic acids is 1. The molecule has 1 aliphatic heterocycles. The van der Waals surface area contributed by atoms with Gasteiger partial charge in [-0.15, -0.1) is 0 Å². The molecule has 1 aromatic rings. The zero-order valence-electron chi connectivity index (χ0n) is 10.9. The molecule has 3 nitrogen and oxygen atoms in total. The van der Waals surface area contributed by atoms with Gasteiger partial charge in [0.15, 0.2) is 0 Å². The number of carbonyl (C=O) groups is 1. The third-order valence-electron chi connectivity index (χ3n) is 2.80. The molecule has 0 spiro atoms. The van der Waals surface area contributed by atoms with Crippen molar-refractivity contribution < 1.29 is 9.53 Å². The minimum absolute atomic E-state index is 0.169. The van der Waals surface area contributed by atoms with E-state index in [2.05, 4.69) is 6.07 Å². The number of amides is 1. The molecule has 92 valence electrons. The van der Waals surface area contributed by atoms with Crippen molar-refractivity contribution in [2.75, 3.05) is 4.90 Å². The fraction of sp³-hybridized carbons (Fsp3) is 0.500. The number of anilines is 1. The number of hydrogen-bond acceptors (Lipinski definition) is 2. The molecule has 1 heterocycles. The Bertz CT molecular complexity index is 434. The Hall–Kier alpha value is -1.51. The summed E-state index contributed by atoms with van der Waals surface area (Å²) < 4.78 is 5.44. The molecule has 1 aromatic carbocycles. The molecule has 17 heavy (non-hydrogen) atoms. The van der Waals surface area contributed by atoms with Crippen LogP contribution in [0.1, 0.15) is 33.3 Å². The third-order valence-corrected chi connectivity index (χ3v) is 2.80. The first-order chi connectivity index (χ1) is 7.88. The van der Waals surface area contributed by atoms with Gasteiger partial charge in [-0.3, -0.25) is 4.90 Å². The van der Waals surface area contributed by atoms with E-state index in [0.29, 0.717) is 0 Å². The van der Waals surface area contributed by atoms with Crippen LogP contribution in [0.5, 0.6) is 0 Å². The summed E-state index contributed by atoms with van der Waals surface area (Å²) in [5.74, 6) is 0. The van der Waals surface area contributed by atoms with Crippen LogP contribution in [0.15, 0.2) is 24.3 Å². The van der Waals surface area contributed by atoms with Crippen molar-refractivity contribution in [3.8, 4) is 0 Å². The summed E-state index contributed by atoms with van der Waals surface area (Å²) >= 11 is 0. The first kappa shape index (κ1) is 12.0. The normalized spacial score (nSPS) is 19.1. The van der Waals surface area contributed by atoms with Gasteiger partial charge in [0.2, 0.25) is 0 Å². The molecule has 1 aliphatic rings. The van der Waals surface area contributed by atoms with E-state index in [1.165, 1.54) is 5.56 Å². The Labute approximate surface area is 102 Å². The fourth-order valence-electron chi connectivity index (χ4n) is 2.15. The summed E-state index contributed by atoms with van der Waals surface area (Å²) in [5.41, 5.74) is 1.74. The Balaban J connectivity index is 2.25. The predicted octanol–water partition coefficient (Wildman–Crippen LogP) is 3.37. The van der Waals surface area contributed by atoms with E-state index in [1.807, 2.05) is 45.9 Å². The molecule has 0 N–H and O–H groups in total. The lowest BCUT2D eigenvalue weighted by Gasteiger charge is -2.27. The molecule has 0 saturated heterocycles. The Morgan fingerprint density at radius 1 is 1.35 bits per heavy atom. The van der Waals surface area contributed by atoms with Gasteiger partial charge in [0.25, 0.3) is 0 Å². The molecule has 0 aromatic heterocycles. The van der Waals surface area contributed by atoms with Crippen molar-refractivity contribution in [3.63, 3.8) is 0 Å². The van der Waals surface area contributed by atoms with Crippen LogP contribution in [0.3, 0.4) is 0 Å². The molecule has 0 fully saturated rings. The number of rotatable bonds is 0. The van der Waals surface area contributed by atoms with Gasteiger partial charge in [-0.05, 0) is 45.7 Å². The van der Waals surface area contributed by atoms with Crippen LogP contribution >= 0.6 is 0 Å². The number of para-hydroxylation sites is 1. The topological polar surface area (TPSA) is 29.5 Å². The average molecular weight is 233 g/mol. The van der Waals surface area contributed by atoms with Gasteiger partial charge < -0.3 is 4.74 Å². The zero-order chi connectivity index (χ0) is 12.6. The molecule has 0 saturated carbocycles. The molecule has 0 bridgehead atoms. The highest BCUT2D eigenvalue weighted by atomic mass is 16.6. The third kappa shape index (κ3) is 2.43. The number of fused-ring (bicyclic) bond motifs is 1. The van der Waals surface area contributed by atoms with Gasteiger partial charge in [0.1, 0.15) is 5.60 Å². The average Bonchev–Trinajstić information content (AvgIpc) is 2.50. The summed E-state index contributed by atoms with van der Waals surface area (Å²) in [7, 11) is 0. The SMILES string of the molecule is C[C@@H]1Cc2ccccc2N1C(=O)OC(C)(C)C. The van der Waals surface area contributed by atoms with E-state index in [9.17, 15) is 4.79 Å². The van der Waals surface area contributed by atoms with E-state index < -0.39 is 5.60 Å². The van der Waals surface area contributed by atoms with Crippen LogP contribution in [0.2, 0.25) is 0 Å². The standard InChI is InChI=1S/C14H19NO2/c1-10-9-11-7-5-6-8-12(11)15(10)13(16)17-14(2,3)4/h5-8,10H,9H2,1-4H3/t10-/m1/s1. The van der Waals surface area contributed by atoms with E-state index in [1.54, 1.807) is 4.90 Å². The maximum Gasteiger partial charge on any atom is 0.415 e. The van der Waals surface area contributed by atoms with Crippen LogP contribution in [0.4, 0.5) is 10.5 Å². The van der Waals surface area contributed by atoms with Crippen molar-refractivity contribution in [2.24, 2.45) is 0 Å². The summed E-state index contributed by atoms with van der Waals surface area (Å²) in [6.45, 7) is 7.70. The molecule has 3 heteroatoms. The lowest BCUT2D eigenvalue weighted by molar-refractivity contribution is 0.0572. The van der Waals surface area contributed by atoms with Crippen LogP contribution < -0.4 is 4.90 Å². The Morgan fingerprint density at radius 2 is 2.00 bits per heavy atom. The highest BCUT2D eigenvalue weighted by Crippen LogP contribution is 2.32. The van der Waals surface area contributed by atoms with E-state index in [0.717, 1.165) is 12.1 Å². The summed E-state index contributed by atoms with van der Waals surface area (Å²) in [4.78, 5) is 13.9. The maximum atomic E-state index is 12.1. The van der Waals surface area contributed by atoms with Gasteiger partial charge in [0, 0.05) is 6.04 Å². The van der Waals surface area contributed by atoms with Crippen molar-refractivity contribution in [1.82, 2.24) is 0 Å². The Kier molecular flexibility index (Phi) is 2.86. The highest BCUT2D eigenvalue weighted by Gasteiger charge is 2.33. The van der Waals surface area contributed by atoms with Gasteiger partial charge >= 0.3 is 6.09 Å². The largest absolute Gasteiger partial charge is 0.443 e. The second-order valence-electron chi connectivity index (χ2n) is 5.53. The van der Waals surface area contributed by atoms with Crippen LogP contribution in [-0.4, -0.2) is 17.7 Å². The van der Waals surface area contributed by atoms with E-state index in [-0.39, 0.29) is 12.1 Å². The lowest BCUT2D eigenvalue weighted by Crippen LogP contribution is -2.40. The van der Waals surface area contributed by atoms with Crippen LogP contribution in [0.25, 0.3) is 0 Å². The number of nitrogens with zero attached hydrogens (tertiary/aromatic N) is 1. The van der Waals surface area contributed by atoms with Crippen LogP contribution in [0, 0.1) is 0 Å². The molecule has 1 amide bonds. The van der Waals surface area contributed by atoms with Gasteiger partial charge in [-0.25, -0.2) is 4.79 Å². The van der Waals surface area contributed by atoms with Crippen molar-refractivity contribution in [2.45, 2.75) is 45.8 Å². The quantitative estimate of drug-likeness (QED) is 0.687. The maximum absolute atomic E-state index is 12.1. The molecule has 2 rings (SSSR count). The lowest BCUT2D eigenvalue weighted by atomic mass is 10.1. The first-order valence-corrected chi connectivity index (χ1v) is 5.98. The number of hydrogen-bond donors (Lipinski definition) is 0. The molecule has 0 aliphatic carbocycles. The second-order valence-corrected chi connectivity index (χ2v) is 5.53. The van der Waals surface area contributed by atoms with Crippen LogP contribution in [-0.2, 0) is 11.2 Å². The zero-order valence-corrected chi connectivity index (χ0v) is 10.9. The minimum atomic E-state index is -0.450. The Morgan fingerprint density at radius 3 is 2.65 bits per heavy atom. The van der Waals surface area contributed by atoms with Gasteiger partial charge in [-0.2, -0.15) is 0 Å². The van der Waals surface area contributed by atoms with E-state index in [4.69, 9.17) is 4.74 Å². The molecule has 0 radical (unpaired) electrons. The number of ether oxygens (including phenoxy) is 1. The molecular weight excluding hydrogens is 214 g/mol. The second kappa shape index (κ2) is 4.06. The van der Waals surface area contributed by atoms with Gasteiger partial charge in [-0.1, -0.05) is 18.2 Å². The van der Waals surface area contributed by atoms with Crippen molar-refractivity contribution >= 4 is 11.8 Å². The summed E-state index contributed by atoms with van der Waals surface area (Å²) in [6, 6.07) is 8.17. The number of benzene rings is 1. The van der Waals surface area contributed by atoms with Crippen molar-refractivity contribution in [1.29, 1.82) is 0 Å². The smallest absolute Gasteiger partial charge is 0.415 e. The summed E-state index contributed by atoms with van der Waals surface area (Å²) in [5, 5.41) is 0. The summed E-state index contributed by atoms with van der Waals surface area (Å²) in [6.07, 6.45) is 0.644. The predicted molar refractivity (Wildman–Crippen MR) is 68.3 cm³/mol. The minimum Gasteiger partial charge on any atom is -0.443 e. The molecule has 1 atom stereocenters. The molecule has 0 unspecified atom stereocenters. The highest BCUT2D eigenvalue weighted by molar-refractivity contribution is 5.91.